The number of nitrogens with zero attached hydrogens (tertiary/aromatic N) is 1. The quantitative estimate of drug-likeness (QED) is 0.362. The van der Waals surface area contributed by atoms with Crippen LogP contribution in [0.4, 0.5) is 4.79 Å². The summed E-state index contributed by atoms with van der Waals surface area (Å²) < 4.78 is 9.89. The van der Waals surface area contributed by atoms with Crippen LogP contribution in [0.2, 0.25) is 0 Å². The Kier molecular flexibility index (Phi) is 6.10. The average Bonchev–Trinajstić information content (AvgIpc) is 2.42. The molecule has 0 aliphatic carbocycles. The lowest BCUT2D eigenvalue weighted by Gasteiger charge is -2.08. The van der Waals surface area contributed by atoms with Crippen LogP contribution < -0.4 is 5.32 Å². The van der Waals surface area contributed by atoms with Gasteiger partial charge in [-0.2, -0.15) is 0 Å². The van der Waals surface area contributed by atoms with Crippen LogP contribution in [0.3, 0.4) is 0 Å². The molecule has 0 atom stereocenters. The molecule has 0 bridgehead atoms. The summed E-state index contributed by atoms with van der Waals surface area (Å²) in [6.07, 6.45) is -0.597. The molecule has 0 fully saturated rings. The van der Waals surface area contributed by atoms with Gasteiger partial charge in [-0.1, -0.05) is 35.5 Å². The molecule has 0 spiro atoms. The van der Waals surface area contributed by atoms with Gasteiger partial charge in [0.1, 0.15) is 13.2 Å². The molecule has 0 unspecified atom stereocenters. The summed E-state index contributed by atoms with van der Waals surface area (Å²) in [7, 11) is 0. The minimum Gasteiger partial charge on any atom is -0.478 e. The summed E-state index contributed by atoms with van der Waals surface area (Å²) in [4.78, 5) is 11.3. The second kappa shape index (κ2) is 7.94. The first-order valence-electron chi connectivity index (χ1n) is 5.54. The Labute approximate surface area is 105 Å². The van der Waals surface area contributed by atoms with E-state index in [1.54, 1.807) is 6.92 Å². The lowest BCUT2D eigenvalue weighted by Crippen LogP contribution is -2.31. The molecule has 98 valence electrons. The van der Waals surface area contributed by atoms with E-state index in [2.05, 4.69) is 10.5 Å². The molecule has 0 aromatic heterocycles. The molecular weight excluding hydrogens is 236 g/mol. The highest BCUT2D eigenvalue weighted by Gasteiger charge is 2.06. The molecule has 1 rings (SSSR count). The third-order valence-corrected chi connectivity index (χ3v) is 2.02. The highest BCUT2D eigenvalue weighted by molar-refractivity contribution is 5.81. The van der Waals surface area contributed by atoms with Crippen molar-refractivity contribution < 1.29 is 19.5 Å². The molecule has 0 aliphatic rings. The number of oxime groups is 1. The number of carbonyl (C=O) groups is 1. The van der Waals surface area contributed by atoms with E-state index in [0.29, 0.717) is 6.61 Å². The molecule has 0 saturated carbocycles. The van der Waals surface area contributed by atoms with Crippen LogP contribution in [0.25, 0.3) is 0 Å². The predicted octanol–water partition coefficient (Wildman–Crippen LogP) is 1.74. The summed E-state index contributed by atoms with van der Waals surface area (Å²) in [5, 5.41) is 13.9. The molecule has 0 heterocycles. The largest absolute Gasteiger partial charge is 0.478 e. The summed E-state index contributed by atoms with van der Waals surface area (Å²) in [5.74, 6) is 0.0363. The molecule has 1 aromatic rings. The summed E-state index contributed by atoms with van der Waals surface area (Å²) in [6, 6.07) is 9.32. The molecule has 0 radical (unpaired) electrons. The van der Waals surface area contributed by atoms with E-state index in [-0.39, 0.29) is 19.0 Å². The van der Waals surface area contributed by atoms with E-state index in [9.17, 15) is 4.79 Å². The Morgan fingerprint density at radius 3 is 2.67 bits per heavy atom. The third-order valence-electron chi connectivity index (χ3n) is 2.02. The first-order valence-corrected chi connectivity index (χ1v) is 5.54. The van der Waals surface area contributed by atoms with Crippen molar-refractivity contribution in [2.24, 2.45) is 5.16 Å². The Bertz CT molecular complexity index is 392. The van der Waals surface area contributed by atoms with Crippen molar-refractivity contribution >= 4 is 12.0 Å². The second-order valence-corrected chi connectivity index (χ2v) is 3.34. The van der Waals surface area contributed by atoms with Crippen molar-refractivity contribution in [2.75, 3.05) is 13.2 Å². The first-order chi connectivity index (χ1) is 8.76. The second-order valence-electron chi connectivity index (χ2n) is 3.34. The molecule has 0 aliphatic heterocycles. The fourth-order valence-electron chi connectivity index (χ4n) is 1.20. The Hall–Kier alpha value is -2.24. The van der Waals surface area contributed by atoms with Gasteiger partial charge in [0.2, 0.25) is 5.90 Å². The molecule has 1 amide bonds. The standard InChI is InChI=1S/C12H16N2O4/c1-2-17-11(14-16)8-13-12(15)18-9-10-6-4-3-5-7-10/h3-7,16H,2,8-9H2,1H3,(H,13,15)/b14-11+. The molecule has 18 heavy (non-hydrogen) atoms. The molecule has 2 N–H and O–H groups in total. The molecule has 6 heteroatoms. The Morgan fingerprint density at radius 1 is 1.33 bits per heavy atom. The molecule has 6 nitrogen and oxygen atoms in total. The van der Waals surface area contributed by atoms with Gasteiger partial charge in [0.15, 0.2) is 0 Å². The summed E-state index contributed by atoms with van der Waals surface area (Å²) >= 11 is 0. The minimum absolute atomic E-state index is 0.0159. The van der Waals surface area contributed by atoms with E-state index in [1.165, 1.54) is 0 Å². The molecular formula is C12H16N2O4. The van der Waals surface area contributed by atoms with Gasteiger partial charge in [-0.15, -0.1) is 0 Å². The number of nitrogens with one attached hydrogen (secondary N) is 1. The van der Waals surface area contributed by atoms with Crippen molar-refractivity contribution in [1.29, 1.82) is 0 Å². The zero-order chi connectivity index (χ0) is 13.2. The number of hydrogen-bond donors (Lipinski definition) is 2. The van der Waals surface area contributed by atoms with E-state index in [1.807, 2.05) is 30.3 Å². The maximum Gasteiger partial charge on any atom is 0.407 e. The normalized spacial score (nSPS) is 10.8. The van der Waals surface area contributed by atoms with Gasteiger partial charge in [0.05, 0.1) is 6.61 Å². The maximum absolute atomic E-state index is 11.3. The van der Waals surface area contributed by atoms with Gasteiger partial charge in [-0.3, -0.25) is 0 Å². The van der Waals surface area contributed by atoms with Crippen LogP contribution in [-0.2, 0) is 16.1 Å². The van der Waals surface area contributed by atoms with Crippen LogP contribution >= 0.6 is 0 Å². The highest BCUT2D eigenvalue weighted by Crippen LogP contribution is 2.00. The van der Waals surface area contributed by atoms with Crippen molar-refractivity contribution in [3.8, 4) is 0 Å². The van der Waals surface area contributed by atoms with E-state index in [4.69, 9.17) is 14.7 Å². The van der Waals surface area contributed by atoms with Gasteiger partial charge < -0.3 is 20.0 Å². The highest BCUT2D eigenvalue weighted by atomic mass is 16.6. The van der Waals surface area contributed by atoms with E-state index >= 15 is 0 Å². The smallest absolute Gasteiger partial charge is 0.407 e. The van der Waals surface area contributed by atoms with Crippen LogP contribution in [0.1, 0.15) is 12.5 Å². The van der Waals surface area contributed by atoms with Gasteiger partial charge in [-0.25, -0.2) is 4.79 Å². The average molecular weight is 252 g/mol. The van der Waals surface area contributed by atoms with Gasteiger partial charge in [-0.05, 0) is 12.5 Å². The SMILES string of the molecule is CCO/C(CNC(=O)OCc1ccccc1)=N/O. The van der Waals surface area contributed by atoms with Gasteiger partial charge >= 0.3 is 6.09 Å². The monoisotopic (exact) mass is 252 g/mol. The zero-order valence-electron chi connectivity index (χ0n) is 10.1. The van der Waals surface area contributed by atoms with Gasteiger partial charge in [0, 0.05) is 0 Å². The van der Waals surface area contributed by atoms with E-state index < -0.39 is 6.09 Å². The van der Waals surface area contributed by atoms with Crippen molar-refractivity contribution in [3.63, 3.8) is 0 Å². The maximum atomic E-state index is 11.3. The zero-order valence-corrected chi connectivity index (χ0v) is 10.1. The van der Waals surface area contributed by atoms with Crippen molar-refractivity contribution in [3.05, 3.63) is 35.9 Å². The minimum atomic E-state index is -0.597. The number of hydrogen-bond acceptors (Lipinski definition) is 5. The first kappa shape index (κ1) is 13.8. The number of rotatable bonds is 5. The van der Waals surface area contributed by atoms with Crippen LogP contribution in [0.5, 0.6) is 0 Å². The summed E-state index contributed by atoms with van der Waals surface area (Å²) in [5.41, 5.74) is 0.897. The number of carbonyl (C=O) groups excluding carboxylic acids is 1. The van der Waals surface area contributed by atoms with Gasteiger partial charge in [0.25, 0.3) is 0 Å². The molecule has 0 saturated heterocycles. The molecule has 1 aromatic carbocycles. The fraction of sp³-hybridized carbons (Fsp3) is 0.333. The Balaban J connectivity index is 2.26. The van der Waals surface area contributed by atoms with Crippen LogP contribution in [0, 0.1) is 0 Å². The number of benzene rings is 1. The van der Waals surface area contributed by atoms with Crippen molar-refractivity contribution in [1.82, 2.24) is 5.32 Å². The number of ether oxygens (including phenoxy) is 2. The third kappa shape index (κ3) is 5.20. The fourth-order valence-corrected chi connectivity index (χ4v) is 1.20. The lowest BCUT2D eigenvalue weighted by atomic mass is 10.2. The Morgan fingerprint density at radius 2 is 2.06 bits per heavy atom. The van der Waals surface area contributed by atoms with E-state index in [0.717, 1.165) is 5.56 Å². The number of alkyl carbamates (subject to hydrolysis) is 1. The predicted molar refractivity (Wildman–Crippen MR) is 65.5 cm³/mol. The van der Waals surface area contributed by atoms with Crippen molar-refractivity contribution in [2.45, 2.75) is 13.5 Å². The topological polar surface area (TPSA) is 80.2 Å². The lowest BCUT2D eigenvalue weighted by molar-refractivity contribution is 0.140. The van der Waals surface area contributed by atoms with Crippen LogP contribution in [0.15, 0.2) is 35.5 Å². The summed E-state index contributed by atoms with van der Waals surface area (Å²) in [6.45, 7) is 2.28. The van der Waals surface area contributed by atoms with Crippen LogP contribution in [-0.4, -0.2) is 30.3 Å². The number of amides is 1.